The molecule has 3 aliphatic rings. The summed E-state index contributed by atoms with van der Waals surface area (Å²) in [4.78, 5) is 47.8. The molecule has 3 fully saturated rings. The summed E-state index contributed by atoms with van der Waals surface area (Å²) in [7, 11) is 1.73. The molecule has 10 nitrogen and oxygen atoms in total. The minimum absolute atomic E-state index is 0.0362. The average Bonchev–Trinajstić information content (AvgIpc) is 3.70. The maximum absolute atomic E-state index is 14.7. The fraction of sp³-hybridized carbons (Fsp3) is 0.567. The van der Waals surface area contributed by atoms with Gasteiger partial charge in [0.1, 0.15) is 18.2 Å². The lowest BCUT2D eigenvalue weighted by Gasteiger charge is -2.40. The minimum atomic E-state index is -0.817. The smallest absolute Gasteiger partial charge is 0.248 e. The molecule has 1 aromatic heterocycles. The first-order chi connectivity index (χ1) is 19.7. The third kappa shape index (κ3) is 4.86. The highest BCUT2D eigenvalue weighted by molar-refractivity contribution is 8.02. The molecule has 3 saturated heterocycles. The van der Waals surface area contributed by atoms with Crippen LogP contribution in [0.25, 0.3) is 11.0 Å². The molecule has 2 aromatic rings. The van der Waals surface area contributed by atoms with Crippen LogP contribution in [0.5, 0.6) is 0 Å². The SMILES string of the molecule is C=CCN(C)C(=O)[C@@H]1[C@H]2C(=O)N([C@@H](CO)CC(C)C)C(C(=O)N(CC=C)Cn3nnc4ccccc43)C23CC[C@H]1S3. The molecular weight excluding hydrogens is 540 g/mol. The van der Waals surface area contributed by atoms with Crippen molar-refractivity contribution in [1.82, 2.24) is 29.7 Å². The Morgan fingerprint density at radius 1 is 1.22 bits per heavy atom. The van der Waals surface area contributed by atoms with E-state index in [4.69, 9.17) is 0 Å². The van der Waals surface area contributed by atoms with Gasteiger partial charge in [-0.1, -0.05) is 43.3 Å². The van der Waals surface area contributed by atoms with E-state index in [2.05, 4.69) is 23.5 Å². The predicted octanol–water partition coefficient (Wildman–Crippen LogP) is 2.55. The summed E-state index contributed by atoms with van der Waals surface area (Å²) in [6.45, 7) is 12.2. The van der Waals surface area contributed by atoms with Crippen molar-refractivity contribution in [1.29, 1.82) is 0 Å². The Morgan fingerprint density at radius 3 is 2.63 bits per heavy atom. The predicted molar refractivity (Wildman–Crippen MR) is 159 cm³/mol. The van der Waals surface area contributed by atoms with Gasteiger partial charge in [0.25, 0.3) is 0 Å². The van der Waals surface area contributed by atoms with Crippen LogP contribution >= 0.6 is 11.8 Å². The topological polar surface area (TPSA) is 112 Å². The van der Waals surface area contributed by atoms with Crippen molar-refractivity contribution in [3.8, 4) is 0 Å². The van der Waals surface area contributed by atoms with Crippen molar-refractivity contribution in [3.63, 3.8) is 0 Å². The van der Waals surface area contributed by atoms with Gasteiger partial charge >= 0.3 is 0 Å². The number of amides is 3. The molecule has 2 bridgehead atoms. The Labute approximate surface area is 245 Å². The van der Waals surface area contributed by atoms with Crippen LogP contribution < -0.4 is 0 Å². The van der Waals surface area contributed by atoms with Gasteiger partial charge in [-0.3, -0.25) is 14.4 Å². The summed E-state index contributed by atoms with van der Waals surface area (Å²) in [6.07, 6.45) is 5.31. The number of likely N-dealkylation sites (tertiary alicyclic amines) is 1. The Bertz CT molecular complexity index is 1350. The quantitative estimate of drug-likeness (QED) is 0.384. The monoisotopic (exact) mass is 580 g/mol. The second-order valence-electron chi connectivity index (χ2n) is 11.8. The molecule has 3 amide bonds. The number of para-hydroxylation sites is 1. The third-order valence-electron chi connectivity index (χ3n) is 8.77. The highest BCUT2D eigenvalue weighted by Crippen LogP contribution is 2.67. The molecule has 41 heavy (non-hydrogen) atoms. The van der Waals surface area contributed by atoms with Crippen LogP contribution in [0.2, 0.25) is 0 Å². The number of carbonyl (C=O) groups is 3. The average molecular weight is 581 g/mol. The largest absolute Gasteiger partial charge is 0.394 e. The number of benzene rings is 1. The highest BCUT2D eigenvalue weighted by atomic mass is 32.2. The normalized spacial score (nSPS) is 27.3. The summed E-state index contributed by atoms with van der Waals surface area (Å²) >= 11 is 1.63. The lowest BCUT2D eigenvalue weighted by atomic mass is 9.70. The lowest BCUT2D eigenvalue weighted by Crippen LogP contribution is -2.57. The number of nitrogens with zero attached hydrogens (tertiary/aromatic N) is 6. The molecule has 0 saturated carbocycles. The van der Waals surface area contributed by atoms with Gasteiger partial charge in [-0.2, -0.15) is 0 Å². The first kappa shape index (κ1) is 29.3. The van der Waals surface area contributed by atoms with Gasteiger partial charge in [0, 0.05) is 25.4 Å². The maximum Gasteiger partial charge on any atom is 0.248 e. The zero-order valence-corrected chi connectivity index (χ0v) is 24.9. The Morgan fingerprint density at radius 2 is 1.95 bits per heavy atom. The first-order valence-corrected chi connectivity index (χ1v) is 15.2. The van der Waals surface area contributed by atoms with Crippen LogP contribution in [0, 0.1) is 17.8 Å². The van der Waals surface area contributed by atoms with Crippen molar-refractivity contribution >= 4 is 40.5 Å². The van der Waals surface area contributed by atoms with Crippen LogP contribution in [0.15, 0.2) is 49.6 Å². The number of rotatable bonds is 12. The molecule has 1 spiro atoms. The molecule has 0 aliphatic carbocycles. The van der Waals surface area contributed by atoms with Gasteiger partial charge in [-0.25, -0.2) is 4.68 Å². The summed E-state index contributed by atoms with van der Waals surface area (Å²) in [5.74, 6) is -1.46. The minimum Gasteiger partial charge on any atom is -0.394 e. The van der Waals surface area contributed by atoms with E-state index in [1.54, 1.807) is 50.3 Å². The number of likely N-dealkylation sites (N-methyl/N-ethyl adjacent to an activating group) is 1. The fourth-order valence-corrected chi connectivity index (χ4v) is 9.33. The van der Waals surface area contributed by atoms with Crippen LogP contribution in [0.3, 0.4) is 0 Å². The summed E-state index contributed by atoms with van der Waals surface area (Å²) in [6, 6.07) is 6.21. The standard InChI is InChI=1S/C30H40N6O4S/c1-6-14-33(5)27(38)24-23-12-13-30(41-23)25(24)28(39)36(20(17-37)16-19(3)4)26(30)29(40)34(15-7-2)18-35-22-11-9-8-10-21(22)31-32-35/h6-11,19-20,23-26,37H,1-2,12-18H2,3-5H3/t20-,23-,24+,25+,26?,30?/m1/s1. The van der Waals surface area contributed by atoms with E-state index in [0.29, 0.717) is 19.4 Å². The Hall–Kier alpha value is -3.18. The van der Waals surface area contributed by atoms with E-state index < -0.39 is 28.7 Å². The molecule has 4 heterocycles. The molecule has 11 heteroatoms. The van der Waals surface area contributed by atoms with Crippen LogP contribution in [-0.2, 0) is 21.1 Å². The van der Waals surface area contributed by atoms with Gasteiger partial charge in [-0.15, -0.1) is 30.0 Å². The van der Waals surface area contributed by atoms with Crippen molar-refractivity contribution in [2.24, 2.45) is 17.8 Å². The second kappa shape index (κ2) is 11.6. The number of hydrogen-bond acceptors (Lipinski definition) is 7. The van der Waals surface area contributed by atoms with E-state index in [9.17, 15) is 19.5 Å². The maximum atomic E-state index is 14.7. The molecule has 5 rings (SSSR count). The van der Waals surface area contributed by atoms with E-state index in [1.165, 1.54) is 0 Å². The third-order valence-corrected chi connectivity index (χ3v) is 10.7. The van der Waals surface area contributed by atoms with Gasteiger partial charge in [-0.05, 0) is 37.3 Å². The van der Waals surface area contributed by atoms with E-state index >= 15 is 0 Å². The van der Waals surface area contributed by atoms with Crippen LogP contribution in [0.4, 0.5) is 0 Å². The second-order valence-corrected chi connectivity index (χ2v) is 13.4. The van der Waals surface area contributed by atoms with Crippen molar-refractivity contribution in [2.45, 2.75) is 61.9 Å². The molecule has 2 unspecified atom stereocenters. The van der Waals surface area contributed by atoms with Crippen LogP contribution in [0.1, 0.15) is 33.1 Å². The lowest BCUT2D eigenvalue weighted by molar-refractivity contribution is -0.147. The zero-order valence-electron chi connectivity index (χ0n) is 24.1. The molecule has 1 N–H and O–H groups in total. The molecule has 6 atom stereocenters. The number of fused-ring (bicyclic) bond motifs is 2. The molecule has 0 radical (unpaired) electrons. The van der Waals surface area contributed by atoms with Gasteiger partial charge in [0.05, 0.1) is 34.7 Å². The number of thioether (sulfide) groups is 1. The van der Waals surface area contributed by atoms with Gasteiger partial charge in [0.2, 0.25) is 17.7 Å². The number of aromatic nitrogens is 3. The number of aliphatic hydroxyl groups is 1. The number of hydrogen-bond donors (Lipinski definition) is 1. The fourth-order valence-electron chi connectivity index (χ4n) is 7.13. The van der Waals surface area contributed by atoms with E-state index in [-0.39, 0.29) is 48.7 Å². The van der Waals surface area contributed by atoms with Crippen molar-refractivity contribution in [2.75, 3.05) is 26.7 Å². The van der Waals surface area contributed by atoms with Crippen molar-refractivity contribution < 1.29 is 19.5 Å². The highest BCUT2D eigenvalue weighted by Gasteiger charge is 2.74. The first-order valence-electron chi connectivity index (χ1n) is 14.3. The van der Waals surface area contributed by atoms with Crippen LogP contribution in [-0.4, -0.2) is 101 Å². The summed E-state index contributed by atoms with van der Waals surface area (Å²) < 4.78 is 0.933. The zero-order chi connectivity index (χ0) is 29.5. The number of carbonyl (C=O) groups excluding carboxylic acids is 3. The molecule has 1 aromatic carbocycles. The molecule has 220 valence electrons. The summed E-state index contributed by atoms with van der Waals surface area (Å²) in [5.41, 5.74) is 1.52. The van der Waals surface area contributed by atoms with Gasteiger partial charge in [0.15, 0.2) is 0 Å². The Balaban J connectivity index is 1.56. The Kier molecular flexibility index (Phi) is 8.29. The van der Waals surface area contributed by atoms with Crippen molar-refractivity contribution in [3.05, 3.63) is 49.6 Å². The number of aliphatic hydroxyl groups excluding tert-OH is 1. The molecule has 3 aliphatic heterocycles. The van der Waals surface area contributed by atoms with Gasteiger partial charge < -0.3 is 19.8 Å². The summed E-state index contributed by atoms with van der Waals surface area (Å²) in [5, 5.41) is 19.0. The van der Waals surface area contributed by atoms with E-state index in [0.717, 1.165) is 17.5 Å². The molecular formula is C30H40N6O4S. The van der Waals surface area contributed by atoms with E-state index in [1.807, 2.05) is 38.1 Å².